The third-order valence-electron chi connectivity index (χ3n) is 3.67. The van der Waals surface area contributed by atoms with Gasteiger partial charge < -0.3 is 5.32 Å². The Morgan fingerprint density at radius 2 is 2.39 bits per heavy atom. The van der Waals surface area contributed by atoms with E-state index in [1.165, 1.54) is 10.4 Å². The maximum Gasteiger partial charge on any atom is 0.227 e. The zero-order chi connectivity index (χ0) is 13.1. The molecule has 1 aliphatic rings. The van der Waals surface area contributed by atoms with Gasteiger partial charge in [-0.05, 0) is 42.2 Å². The van der Waals surface area contributed by atoms with Crippen LogP contribution >= 0.6 is 33.9 Å². The van der Waals surface area contributed by atoms with Gasteiger partial charge in [-0.2, -0.15) is 0 Å². The van der Waals surface area contributed by atoms with E-state index in [-0.39, 0.29) is 11.8 Å². The lowest BCUT2D eigenvalue weighted by Gasteiger charge is -2.26. The van der Waals surface area contributed by atoms with Crippen molar-refractivity contribution in [2.75, 3.05) is 4.43 Å². The van der Waals surface area contributed by atoms with Crippen molar-refractivity contribution in [3.63, 3.8) is 0 Å². The molecule has 0 fully saturated rings. The molecule has 100 valence electrons. The fourth-order valence-corrected chi connectivity index (χ4v) is 4.65. The first-order valence-corrected chi connectivity index (χ1v) is 8.96. The van der Waals surface area contributed by atoms with Crippen molar-refractivity contribution in [2.45, 2.75) is 45.1 Å². The van der Waals surface area contributed by atoms with Crippen LogP contribution in [0.5, 0.6) is 0 Å². The van der Waals surface area contributed by atoms with E-state index in [2.05, 4.69) is 53.2 Å². The summed E-state index contributed by atoms with van der Waals surface area (Å²) in [5.74, 6) is 0.810. The highest BCUT2D eigenvalue weighted by molar-refractivity contribution is 14.1. The predicted octanol–water partition coefficient (Wildman–Crippen LogP) is 3.74. The summed E-state index contributed by atoms with van der Waals surface area (Å²) >= 11 is 4.15. The van der Waals surface area contributed by atoms with Crippen molar-refractivity contribution in [3.05, 3.63) is 21.9 Å². The van der Waals surface area contributed by atoms with Gasteiger partial charge in [0.05, 0.1) is 5.92 Å². The third kappa shape index (κ3) is 3.07. The van der Waals surface area contributed by atoms with Crippen LogP contribution in [0.15, 0.2) is 11.4 Å². The van der Waals surface area contributed by atoms with Crippen LogP contribution in [0.2, 0.25) is 0 Å². The molecule has 0 radical (unpaired) electrons. The van der Waals surface area contributed by atoms with Crippen LogP contribution in [0.3, 0.4) is 0 Å². The van der Waals surface area contributed by atoms with E-state index in [1.807, 2.05) is 0 Å². The van der Waals surface area contributed by atoms with Gasteiger partial charge in [0.1, 0.15) is 0 Å². The molecule has 2 unspecified atom stereocenters. The number of hydrogen-bond donors (Lipinski definition) is 1. The average Bonchev–Trinajstić information content (AvgIpc) is 2.82. The SMILES string of the molecule is CC(C)C(CI)NC(=O)C1CCCc2sccc21. The summed E-state index contributed by atoms with van der Waals surface area (Å²) in [6.07, 6.45) is 3.29. The summed E-state index contributed by atoms with van der Waals surface area (Å²) in [6, 6.07) is 2.43. The molecule has 1 aliphatic carbocycles. The zero-order valence-electron chi connectivity index (χ0n) is 10.9. The minimum atomic E-state index is 0.0872. The number of fused-ring (bicyclic) bond motifs is 1. The summed E-state index contributed by atoms with van der Waals surface area (Å²) < 4.78 is 0.977. The molecule has 0 saturated heterocycles. The summed E-state index contributed by atoms with van der Waals surface area (Å²) in [5.41, 5.74) is 1.28. The lowest BCUT2D eigenvalue weighted by molar-refractivity contribution is -0.123. The standard InChI is InChI=1S/C14H20INOS/c1-9(2)12(8-15)16-14(17)11-4-3-5-13-10(11)6-7-18-13/h6-7,9,11-12H,3-5,8H2,1-2H3,(H,16,17). The molecule has 4 heteroatoms. The van der Waals surface area contributed by atoms with Crippen molar-refractivity contribution < 1.29 is 4.79 Å². The Morgan fingerprint density at radius 3 is 3.06 bits per heavy atom. The van der Waals surface area contributed by atoms with Crippen LogP contribution in [0.1, 0.15) is 43.0 Å². The fraction of sp³-hybridized carbons (Fsp3) is 0.643. The molecule has 1 heterocycles. The first-order valence-electron chi connectivity index (χ1n) is 6.56. The molecule has 1 aromatic heterocycles. The van der Waals surface area contributed by atoms with Gasteiger partial charge in [-0.3, -0.25) is 4.79 Å². The minimum absolute atomic E-state index is 0.0872. The van der Waals surface area contributed by atoms with Crippen LogP contribution < -0.4 is 5.32 Å². The average molecular weight is 377 g/mol. The van der Waals surface area contributed by atoms with E-state index in [9.17, 15) is 4.79 Å². The molecule has 1 N–H and O–H groups in total. The number of rotatable bonds is 4. The molecule has 2 rings (SSSR count). The van der Waals surface area contributed by atoms with Gasteiger partial charge in [0.2, 0.25) is 5.91 Å². The highest BCUT2D eigenvalue weighted by Gasteiger charge is 2.28. The molecule has 2 atom stereocenters. The second kappa shape index (κ2) is 6.37. The van der Waals surface area contributed by atoms with Crippen LogP contribution in [0.4, 0.5) is 0 Å². The molecule has 18 heavy (non-hydrogen) atoms. The molecule has 2 nitrogen and oxygen atoms in total. The molecular weight excluding hydrogens is 357 g/mol. The van der Waals surface area contributed by atoms with E-state index in [0.29, 0.717) is 12.0 Å². The maximum absolute atomic E-state index is 12.4. The molecule has 0 aromatic carbocycles. The molecule has 0 spiro atoms. The molecule has 1 amide bonds. The van der Waals surface area contributed by atoms with Crippen LogP contribution in [-0.4, -0.2) is 16.4 Å². The van der Waals surface area contributed by atoms with Gasteiger partial charge in [0, 0.05) is 15.3 Å². The van der Waals surface area contributed by atoms with E-state index in [1.54, 1.807) is 11.3 Å². The van der Waals surface area contributed by atoms with Crippen molar-refractivity contribution in [1.29, 1.82) is 0 Å². The Morgan fingerprint density at radius 1 is 1.61 bits per heavy atom. The number of nitrogens with one attached hydrogen (secondary N) is 1. The zero-order valence-corrected chi connectivity index (χ0v) is 13.9. The first kappa shape index (κ1) is 14.3. The van der Waals surface area contributed by atoms with Gasteiger partial charge in [-0.25, -0.2) is 0 Å². The Hall–Kier alpha value is -0.100. The van der Waals surface area contributed by atoms with Gasteiger partial charge in [-0.1, -0.05) is 36.4 Å². The minimum Gasteiger partial charge on any atom is -0.352 e. The Balaban J connectivity index is 2.07. The van der Waals surface area contributed by atoms with Gasteiger partial charge in [0.15, 0.2) is 0 Å². The number of carbonyl (C=O) groups is 1. The number of halogens is 1. The lowest BCUT2D eigenvalue weighted by atomic mass is 9.87. The molecule has 0 aliphatic heterocycles. The van der Waals surface area contributed by atoms with Crippen molar-refractivity contribution in [2.24, 2.45) is 5.92 Å². The van der Waals surface area contributed by atoms with E-state index >= 15 is 0 Å². The molecule has 0 saturated carbocycles. The van der Waals surface area contributed by atoms with Gasteiger partial charge in [0.25, 0.3) is 0 Å². The maximum atomic E-state index is 12.4. The van der Waals surface area contributed by atoms with Crippen LogP contribution in [0, 0.1) is 5.92 Å². The Kier molecular flexibility index (Phi) is 5.06. The summed E-state index contributed by atoms with van der Waals surface area (Å²) in [6.45, 7) is 4.33. The first-order chi connectivity index (χ1) is 8.63. The molecule has 1 aromatic rings. The second-order valence-corrected chi connectivity index (χ2v) is 7.14. The van der Waals surface area contributed by atoms with Crippen LogP contribution in [0.25, 0.3) is 0 Å². The number of aryl methyl sites for hydroxylation is 1. The van der Waals surface area contributed by atoms with Crippen molar-refractivity contribution in [1.82, 2.24) is 5.32 Å². The summed E-state index contributed by atoms with van der Waals surface area (Å²) in [7, 11) is 0. The van der Waals surface area contributed by atoms with Crippen molar-refractivity contribution in [3.8, 4) is 0 Å². The van der Waals surface area contributed by atoms with Crippen molar-refractivity contribution >= 4 is 39.8 Å². The number of alkyl halides is 1. The normalized spacial score (nSPS) is 20.6. The summed E-state index contributed by atoms with van der Waals surface area (Å²) in [5, 5.41) is 5.34. The smallest absolute Gasteiger partial charge is 0.227 e. The molecule has 0 bridgehead atoms. The number of amides is 1. The highest BCUT2D eigenvalue weighted by atomic mass is 127. The quantitative estimate of drug-likeness (QED) is 0.629. The van der Waals surface area contributed by atoms with Crippen LogP contribution in [-0.2, 0) is 11.2 Å². The Labute approximate surface area is 127 Å². The van der Waals surface area contributed by atoms with Gasteiger partial charge >= 0.3 is 0 Å². The fourth-order valence-electron chi connectivity index (χ4n) is 2.43. The van der Waals surface area contributed by atoms with Gasteiger partial charge in [-0.15, -0.1) is 11.3 Å². The van der Waals surface area contributed by atoms with E-state index < -0.39 is 0 Å². The lowest BCUT2D eigenvalue weighted by Crippen LogP contribution is -2.42. The monoisotopic (exact) mass is 377 g/mol. The Bertz CT molecular complexity index is 416. The third-order valence-corrected chi connectivity index (χ3v) is 5.61. The highest BCUT2D eigenvalue weighted by Crippen LogP contribution is 2.35. The molecular formula is C14H20INOS. The summed E-state index contributed by atoms with van der Waals surface area (Å²) in [4.78, 5) is 13.8. The number of thiophene rings is 1. The predicted molar refractivity (Wildman–Crippen MR) is 85.7 cm³/mol. The number of hydrogen-bond acceptors (Lipinski definition) is 2. The van der Waals surface area contributed by atoms with E-state index in [4.69, 9.17) is 0 Å². The van der Waals surface area contributed by atoms with E-state index in [0.717, 1.165) is 23.7 Å². The largest absolute Gasteiger partial charge is 0.352 e. The topological polar surface area (TPSA) is 29.1 Å². The second-order valence-electron chi connectivity index (χ2n) is 5.26. The number of carbonyl (C=O) groups excluding carboxylic acids is 1.